The van der Waals surface area contributed by atoms with E-state index in [4.69, 9.17) is 17.5 Å². The Morgan fingerprint density at radius 2 is 2.27 bits per heavy atom. The van der Waals surface area contributed by atoms with E-state index in [0.29, 0.717) is 6.61 Å². The number of benzene rings is 1. The highest BCUT2D eigenvalue weighted by molar-refractivity contribution is 14.1. The third-order valence-corrected chi connectivity index (χ3v) is 2.93. The van der Waals surface area contributed by atoms with Crippen LogP contribution in [-0.2, 0) is 11.4 Å². The molecule has 11 heavy (non-hydrogen) atoms. The zero-order valence-electron chi connectivity index (χ0n) is 5.68. The van der Waals surface area contributed by atoms with E-state index in [2.05, 4.69) is 27.4 Å². The maximum Gasteiger partial charge on any atom is 0.0944 e. The van der Waals surface area contributed by atoms with E-state index >= 15 is 0 Å². The molecule has 0 unspecified atom stereocenters. The molecule has 0 fully saturated rings. The topological polar surface area (TPSA) is 35.2 Å². The Labute approximate surface area is 83.8 Å². The molecule has 0 radical (unpaired) electrons. The van der Waals surface area contributed by atoms with Gasteiger partial charge in [-0.05, 0) is 34.2 Å². The van der Waals surface area contributed by atoms with Crippen LogP contribution in [0.5, 0.6) is 0 Å². The van der Waals surface area contributed by atoms with Gasteiger partial charge < -0.3 is 0 Å². The first-order valence-electron chi connectivity index (χ1n) is 3.00. The molecule has 1 rings (SSSR count). The van der Waals surface area contributed by atoms with E-state index in [1.54, 1.807) is 0 Å². The molecule has 1 aromatic carbocycles. The standard InChI is InChI=1S/C7H7ClINO/c8-7-5(4-11-10)2-1-3-6(7)9/h1-3H,4,10H2. The summed E-state index contributed by atoms with van der Waals surface area (Å²) in [6, 6.07) is 5.74. The molecule has 0 aliphatic heterocycles. The Kier molecular flexibility index (Phi) is 3.58. The Morgan fingerprint density at radius 1 is 1.55 bits per heavy atom. The molecule has 0 spiro atoms. The highest BCUT2D eigenvalue weighted by Gasteiger charge is 2.02. The van der Waals surface area contributed by atoms with E-state index in [1.165, 1.54) is 0 Å². The fraction of sp³-hybridized carbons (Fsp3) is 0.143. The molecule has 0 heterocycles. The van der Waals surface area contributed by atoms with Crippen LogP contribution in [0.1, 0.15) is 5.56 Å². The van der Waals surface area contributed by atoms with Gasteiger partial charge in [0.25, 0.3) is 0 Å². The maximum absolute atomic E-state index is 5.93. The summed E-state index contributed by atoms with van der Waals surface area (Å²) in [6.07, 6.45) is 0. The molecular formula is C7H7ClINO. The van der Waals surface area contributed by atoms with Gasteiger partial charge >= 0.3 is 0 Å². The molecule has 0 aromatic heterocycles. The Bertz CT molecular complexity index is 254. The lowest BCUT2D eigenvalue weighted by atomic mass is 10.2. The van der Waals surface area contributed by atoms with Crippen molar-refractivity contribution in [2.75, 3.05) is 0 Å². The van der Waals surface area contributed by atoms with Crippen molar-refractivity contribution < 1.29 is 4.84 Å². The van der Waals surface area contributed by atoms with Crippen LogP contribution < -0.4 is 5.90 Å². The average molecular weight is 283 g/mol. The van der Waals surface area contributed by atoms with E-state index in [0.717, 1.165) is 14.2 Å². The molecule has 0 aliphatic carbocycles. The van der Waals surface area contributed by atoms with Crippen LogP contribution >= 0.6 is 34.2 Å². The van der Waals surface area contributed by atoms with Gasteiger partial charge in [0.2, 0.25) is 0 Å². The molecule has 0 aliphatic rings. The first kappa shape index (κ1) is 9.25. The van der Waals surface area contributed by atoms with Gasteiger partial charge in [-0.2, -0.15) is 0 Å². The van der Waals surface area contributed by atoms with Crippen LogP contribution in [-0.4, -0.2) is 0 Å². The van der Waals surface area contributed by atoms with Crippen LogP contribution in [0, 0.1) is 3.57 Å². The number of rotatable bonds is 2. The van der Waals surface area contributed by atoms with Crippen LogP contribution in [0.4, 0.5) is 0 Å². The molecule has 0 saturated carbocycles. The lowest BCUT2D eigenvalue weighted by molar-refractivity contribution is 0.124. The molecule has 2 nitrogen and oxygen atoms in total. The summed E-state index contributed by atoms with van der Waals surface area (Å²) < 4.78 is 1.01. The molecular weight excluding hydrogens is 276 g/mol. The molecule has 4 heteroatoms. The van der Waals surface area contributed by atoms with Crippen molar-refractivity contribution in [2.45, 2.75) is 6.61 Å². The highest BCUT2D eigenvalue weighted by atomic mass is 127. The monoisotopic (exact) mass is 283 g/mol. The van der Waals surface area contributed by atoms with E-state index in [9.17, 15) is 0 Å². The van der Waals surface area contributed by atoms with Crippen molar-refractivity contribution in [3.05, 3.63) is 32.4 Å². The van der Waals surface area contributed by atoms with Crippen LogP contribution in [0.2, 0.25) is 5.02 Å². The van der Waals surface area contributed by atoms with Crippen molar-refractivity contribution in [2.24, 2.45) is 5.90 Å². The average Bonchev–Trinajstić information content (AvgIpc) is 1.99. The fourth-order valence-electron chi connectivity index (χ4n) is 0.750. The lowest BCUT2D eigenvalue weighted by Crippen LogP contribution is -1.99. The van der Waals surface area contributed by atoms with E-state index < -0.39 is 0 Å². The van der Waals surface area contributed by atoms with Gasteiger partial charge in [-0.3, -0.25) is 4.84 Å². The Balaban J connectivity index is 2.96. The minimum atomic E-state index is 0.357. The quantitative estimate of drug-likeness (QED) is 0.668. The van der Waals surface area contributed by atoms with Crippen molar-refractivity contribution >= 4 is 34.2 Å². The zero-order valence-corrected chi connectivity index (χ0v) is 8.59. The van der Waals surface area contributed by atoms with Gasteiger partial charge in [0, 0.05) is 3.57 Å². The third-order valence-electron chi connectivity index (χ3n) is 1.27. The van der Waals surface area contributed by atoms with Crippen LogP contribution in [0.25, 0.3) is 0 Å². The maximum atomic E-state index is 5.93. The van der Waals surface area contributed by atoms with Crippen molar-refractivity contribution in [1.29, 1.82) is 0 Å². The molecule has 0 amide bonds. The Morgan fingerprint density at radius 3 is 2.91 bits per heavy atom. The van der Waals surface area contributed by atoms with Gasteiger partial charge in [-0.25, -0.2) is 5.90 Å². The first-order chi connectivity index (χ1) is 5.25. The number of halogens is 2. The Hall–Kier alpha value is 0.160. The van der Waals surface area contributed by atoms with Gasteiger partial charge in [0.05, 0.1) is 11.6 Å². The molecule has 0 atom stereocenters. The molecule has 0 saturated heterocycles. The molecule has 0 bridgehead atoms. The number of hydrogen-bond donors (Lipinski definition) is 1. The SMILES string of the molecule is NOCc1cccc(I)c1Cl. The second kappa shape index (κ2) is 4.25. The molecule has 2 N–H and O–H groups in total. The second-order valence-electron chi connectivity index (χ2n) is 2.02. The summed E-state index contributed by atoms with van der Waals surface area (Å²) in [6.45, 7) is 0.357. The minimum absolute atomic E-state index is 0.357. The summed E-state index contributed by atoms with van der Waals surface area (Å²) in [5, 5.41) is 0.721. The zero-order chi connectivity index (χ0) is 8.27. The number of hydrogen-bond acceptors (Lipinski definition) is 2. The second-order valence-corrected chi connectivity index (χ2v) is 3.56. The predicted octanol–water partition coefficient (Wildman–Crippen LogP) is 2.33. The van der Waals surface area contributed by atoms with Crippen molar-refractivity contribution in [3.63, 3.8) is 0 Å². The van der Waals surface area contributed by atoms with Crippen molar-refractivity contribution in [1.82, 2.24) is 0 Å². The third kappa shape index (κ3) is 2.30. The summed E-state index contributed by atoms with van der Waals surface area (Å²) in [7, 11) is 0. The van der Waals surface area contributed by atoms with E-state index in [-0.39, 0.29) is 0 Å². The predicted molar refractivity (Wildman–Crippen MR) is 53.1 cm³/mol. The van der Waals surface area contributed by atoms with Crippen LogP contribution in [0.3, 0.4) is 0 Å². The van der Waals surface area contributed by atoms with Crippen LogP contribution in [0.15, 0.2) is 18.2 Å². The van der Waals surface area contributed by atoms with Crippen molar-refractivity contribution in [3.8, 4) is 0 Å². The summed E-state index contributed by atoms with van der Waals surface area (Å²) >= 11 is 8.09. The molecule has 60 valence electrons. The lowest BCUT2D eigenvalue weighted by Gasteiger charge is -2.02. The van der Waals surface area contributed by atoms with Gasteiger partial charge in [-0.15, -0.1) is 0 Å². The van der Waals surface area contributed by atoms with E-state index in [1.807, 2.05) is 18.2 Å². The molecule has 1 aromatic rings. The summed E-state index contributed by atoms with van der Waals surface area (Å²) in [5.74, 6) is 4.92. The van der Waals surface area contributed by atoms with Gasteiger partial charge in [0.15, 0.2) is 0 Å². The smallest absolute Gasteiger partial charge is 0.0944 e. The minimum Gasteiger partial charge on any atom is -0.300 e. The first-order valence-corrected chi connectivity index (χ1v) is 4.46. The largest absolute Gasteiger partial charge is 0.300 e. The van der Waals surface area contributed by atoms with Gasteiger partial charge in [-0.1, -0.05) is 23.7 Å². The normalized spacial score (nSPS) is 10.1. The fourth-order valence-corrected chi connectivity index (χ4v) is 1.48. The number of nitrogens with two attached hydrogens (primary N) is 1. The van der Waals surface area contributed by atoms with Gasteiger partial charge in [0.1, 0.15) is 0 Å². The summed E-state index contributed by atoms with van der Waals surface area (Å²) in [4.78, 5) is 4.48. The highest BCUT2D eigenvalue weighted by Crippen LogP contribution is 2.22. The summed E-state index contributed by atoms with van der Waals surface area (Å²) in [5.41, 5.74) is 0.918.